The summed E-state index contributed by atoms with van der Waals surface area (Å²) in [6.07, 6.45) is 0. The molecule has 3 nitrogen and oxygen atoms in total. The largest absolute Gasteiger partial charge is 0.366 e. The molecule has 0 radical (unpaired) electrons. The lowest BCUT2D eigenvalue weighted by molar-refractivity contribution is 0.1000. The Morgan fingerprint density at radius 1 is 1.45 bits per heavy atom. The van der Waals surface area contributed by atoms with E-state index in [4.69, 9.17) is 5.73 Å². The van der Waals surface area contributed by atoms with Gasteiger partial charge in [-0.3, -0.25) is 4.79 Å². The summed E-state index contributed by atoms with van der Waals surface area (Å²) in [6, 6.07) is 7.17. The van der Waals surface area contributed by atoms with Gasteiger partial charge in [0, 0.05) is 9.13 Å². The molecule has 0 bridgehead atoms. The van der Waals surface area contributed by atoms with E-state index in [1.807, 2.05) is 12.1 Å². The van der Waals surface area contributed by atoms with Crippen LogP contribution in [-0.4, -0.2) is 5.91 Å². The molecule has 60 valence electrons. The highest BCUT2D eigenvalue weighted by Crippen LogP contribution is 2.06. The molecule has 0 spiro atoms. The Bertz CT molecular complexity index is 262. The zero-order valence-electron chi connectivity index (χ0n) is 5.88. The van der Waals surface area contributed by atoms with Crippen LogP contribution in [0.3, 0.4) is 0 Å². The van der Waals surface area contributed by atoms with Crippen LogP contribution < -0.4 is 11.9 Å². The first-order valence-corrected chi connectivity index (χ1v) is 3.83. The van der Waals surface area contributed by atoms with Crippen molar-refractivity contribution in [2.24, 2.45) is 5.73 Å². The SMILES string of the molecule is N.NC(=O)c1cccc(I)c1. The van der Waals surface area contributed by atoms with Gasteiger partial charge in [-0.1, -0.05) is 6.07 Å². The lowest BCUT2D eigenvalue weighted by atomic mass is 10.2. The van der Waals surface area contributed by atoms with Crippen molar-refractivity contribution in [1.29, 1.82) is 0 Å². The molecule has 0 atom stereocenters. The fraction of sp³-hybridized carbons (Fsp3) is 0. The Morgan fingerprint density at radius 3 is 2.45 bits per heavy atom. The quantitative estimate of drug-likeness (QED) is 0.755. The summed E-state index contributed by atoms with van der Waals surface area (Å²) < 4.78 is 1.02. The molecule has 0 heterocycles. The monoisotopic (exact) mass is 264 g/mol. The molecule has 0 unspecified atom stereocenters. The van der Waals surface area contributed by atoms with Gasteiger partial charge in [-0.2, -0.15) is 0 Å². The Kier molecular flexibility index (Phi) is 4.06. The molecule has 0 fully saturated rings. The summed E-state index contributed by atoms with van der Waals surface area (Å²) in [5.74, 6) is -0.376. The van der Waals surface area contributed by atoms with E-state index in [1.165, 1.54) is 0 Å². The zero-order chi connectivity index (χ0) is 7.56. The van der Waals surface area contributed by atoms with Gasteiger partial charge in [-0.15, -0.1) is 0 Å². The summed E-state index contributed by atoms with van der Waals surface area (Å²) >= 11 is 2.13. The van der Waals surface area contributed by atoms with Gasteiger partial charge in [0.1, 0.15) is 0 Å². The predicted molar refractivity (Wildman–Crippen MR) is 52.7 cm³/mol. The van der Waals surface area contributed by atoms with Crippen molar-refractivity contribution in [2.45, 2.75) is 0 Å². The second-order valence-electron chi connectivity index (χ2n) is 1.87. The van der Waals surface area contributed by atoms with Crippen LogP contribution in [0.4, 0.5) is 0 Å². The van der Waals surface area contributed by atoms with Crippen molar-refractivity contribution in [3.63, 3.8) is 0 Å². The molecule has 0 aliphatic heterocycles. The molecule has 1 aromatic carbocycles. The first kappa shape index (κ1) is 10.4. The predicted octanol–water partition coefficient (Wildman–Crippen LogP) is 1.55. The van der Waals surface area contributed by atoms with E-state index in [9.17, 15) is 4.79 Å². The van der Waals surface area contributed by atoms with Gasteiger partial charge in [-0.25, -0.2) is 0 Å². The van der Waals surface area contributed by atoms with Crippen LogP contribution in [0, 0.1) is 3.57 Å². The number of hydrogen-bond donors (Lipinski definition) is 2. The first-order chi connectivity index (χ1) is 4.70. The second kappa shape index (κ2) is 4.30. The van der Waals surface area contributed by atoms with Crippen LogP contribution in [0.2, 0.25) is 0 Å². The first-order valence-electron chi connectivity index (χ1n) is 2.75. The smallest absolute Gasteiger partial charge is 0.248 e. The molecule has 5 N–H and O–H groups in total. The normalized spacial score (nSPS) is 8.45. The van der Waals surface area contributed by atoms with Gasteiger partial charge in [0.05, 0.1) is 0 Å². The molecule has 1 aromatic rings. The Hall–Kier alpha value is -0.620. The third-order valence-corrected chi connectivity index (χ3v) is 1.78. The van der Waals surface area contributed by atoms with Gasteiger partial charge < -0.3 is 11.9 Å². The minimum Gasteiger partial charge on any atom is -0.366 e. The van der Waals surface area contributed by atoms with Crippen LogP contribution >= 0.6 is 22.6 Å². The fourth-order valence-electron chi connectivity index (χ4n) is 0.642. The van der Waals surface area contributed by atoms with Gasteiger partial charge >= 0.3 is 0 Å². The number of carbonyl (C=O) groups excluding carboxylic acids is 1. The van der Waals surface area contributed by atoms with Crippen molar-refractivity contribution >= 4 is 28.5 Å². The third kappa shape index (κ3) is 2.85. The highest BCUT2D eigenvalue weighted by molar-refractivity contribution is 14.1. The van der Waals surface area contributed by atoms with E-state index < -0.39 is 0 Å². The molecule has 1 rings (SSSR count). The number of nitrogens with two attached hydrogens (primary N) is 1. The third-order valence-electron chi connectivity index (χ3n) is 1.11. The number of halogens is 1. The Morgan fingerprint density at radius 2 is 2.09 bits per heavy atom. The summed E-state index contributed by atoms with van der Waals surface area (Å²) in [5, 5.41) is 0. The summed E-state index contributed by atoms with van der Waals surface area (Å²) in [4.78, 5) is 10.6. The number of rotatable bonds is 1. The van der Waals surface area contributed by atoms with E-state index >= 15 is 0 Å². The topological polar surface area (TPSA) is 78.1 Å². The van der Waals surface area contributed by atoms with E-state index in [1.54, 1.807) is 12.1 Å². The Balaban J connectivity index is 0.000001000. The van der Waals surface area contributed by atoms with Crippen LogP contribution in [0.1, 0.15) is 10.4 Å². The van der Waals surface area contributed by atoms with E-state index in [0.717, 1.165) is 3.57 Å². The molecule has 0 saturated heterocycles. The van der Waals surface area contributed by atoms with Crippen molar-refractivity contribution in [3.8, 4) is 0 Å². The van der Waals surface area contributed by atoms with Crippen LogP contribution in [0.25, 0.3) is 0 Å². The maximum absolute atomic E-state index is 10.6. The number of amides is 1. The number of primary amides is 1. The van der Waals surface area contributed by atoms with Crippen molar-refractivity contribution < 1.29 is 4.79 Å². The van der Waals surface area contributed by atoms with Gasteiger partial charge in [0.2, 0.25) is 5.91 Å². The summed E-state index contributed by atoms with van der Waals surface area (Å²) in [5.41, 5.74) is 5.60. The van der Waals surface area contributed by atoms with E-state index in [-0.39, 0.29) is 12.1 Å². The molecule has 0 saturated carbocycles. The van der Waals surface area contributed by atoms with Gasteiger partial charge in [0.25, 0.3) is 0 Å². The summed E-state index contributed by atoms with van der Waals surface area (Å²) in [6.45, 7) is 0. The summed E-state index contributed by atoms with van der Waals surface area (Å²) in [7, 11) is 0. The van der Waals surface area contributed by atoms with Crippen LogP contribution in [0.5, 0.6) is 0 Å². The minimum absolute atomic E-state index is 0. The zero-order valence-corrected chi connectivity index (χ0v) is 8.04. The van der Waals surface area contributed by atoms with Gasteiger partial charge in [0.15, 0.2) is 0 Å². The lowest BCUT2D eigenvalue weighted by Crippen LogP contribution is -2.10. The molecule has 1 amide bonds. The highest BCUT2D eigenvalue weighted by Gasteiger charge is 1.97. The molecule has 0 aliphatic carbocycles. The Labute approximate surface area is 78.7 Å². The number of carbonyl (C=O) groups is 1. The van der Waals surface area contributed by atoms with Crippen LogP contribution in [0.15, 0.2) is 24.3 Å². The maximum Gasteiger partial charge on any atom is 0.248 e. The number of benzene rings is 1. The number of hydrogen-bond acceptors (Lipinski definition) is 2. The van der Waals surface area contributed by atoms with Crippen LogP contribution in [-0.2, 0) is 0 Å². The van der Waals surface area contributed by atoms with Crippen molar-refractivity contribution in [2.75, 3.05) is 0 Å². The standard InChI is InChI=1S/C7H6INO.H3N/c8-6-3-1-2-5(4-6)7(9)10;/h1-4H,(H2,9,10);1H3. The lowest BCUT2D eigenvalue weighted by Gasteiger charge is -1.93. The van der Waals surface area contributed by atoms with Crippen molar-refractivity contribution in [3.05, 3.63) is 33.4 Å². The molecule has 0 aromatic heterocycles. The second-order valence-corrected chi connectivity index (χ2v) is 3.12. The highest BCUT2D eigenvalue weighted by atomic mass is 127. The minimum atomic E-state index is -0.376. The average Bonchev–Trinajstić information content (AvgIpc) is 1.88. The molecular weight excluding hydrogens is 255 g/mol. The van der Waals surface area contributed by atoms with Gasteiger partial charge in [-0.05, 0) is 40.8 Å². The maximum atomic E-state index is 10.6. The van der Waals surface area contributed by atoms with E-state index in [2.05, 4.69) is 22.6 Å². The average molecular weight is 264 g/mol. The molecular formula is C7H9IN2O. The molecule has 11 heavy (non-hydrogen) atoms. The molecule has 4 heteroatoms. The fourth-order valence-corrected chi connectivity index (χ4v) is 1.18. The van der Waals surface area contributed by atoms with Crippen molar-refractivity contribution in [1.82, 2.24) is 6.15 Å². The van der Waals surface area contributed by atoms with E-state index in [0.29, 0.717) is 5.56 Å². The molecule has 0 aliphatic rings.